The summed E-state index contributed by atoms with van der Waals surface area (Å²) in [5.41, 5.74) is 3.79. The highest BCUT2D eigenvalue weighted by Crippen LogP contribution is 2.38. The van der Waals surface area contributed by atoms with Crippen molar-refractivity contribution in [3.8, 4) is 0 Å². The van der Waals surface area contributed by atoms with Crippen LogP contribution in [0.4, 0.5) is 5.69 Å². The Balaban J connectivity index is 1.72. The first-order chi connectivity index (χ1) is 10.1. The van der Waals surface area contributed by atoms with E-state index < -0.39 is 0 Å². The SMILES string of the molecule is CN1C(=O)CCc2cc(C(Br)CC3CCCCC3)ccc21. The van der Waals surface area contributed by atoms with E-state index in [0.717, 1.165) is 18.0 Å². The van der Waals surface area contributed by atoms with Crippen molar-refractivity contribution in [2.45, 2.75) is 56.2 Å². The van der Waals surface area contributed by atoms with Gasteiger partial charge in [-0.3, -0.25) is 4.79 Å². The molecule has 0 radical (unpaired) electrons. The number of aryl methyl sites for hydroxylation is 1. The molecule has 0 spiro atoms. The van der Waals surface area contributed by atoms with E-state index >= 15 is 0 Å². The second kappa shape index (κ2) is 6.51. The Hall–Kier alpha value is -0.830. The number of anilines is 1. The van der Waals surface area contributed by atoms with Crippen LogP contribution in [-0.4, -0.2) is 13.0 Å². The zero-order valence-corrected chi connectivity index (χ0v) is 14.4. The number of benzene rings is 1. The zero-order valence-electron chi connectivity index (χ0n) is 12.8. The molecule has 1 atom stereocenters. The van der Waals surface area contributed by atoms with Crippen molar-refractivity contribution in [3.63, 3.8) is 0 Å². The average Bonchev–Trinajstić information content (AvgIpc) is 2.51. The molecule has 114 valence electrons. The van der Waals surface area contributed by atoms with Gasteiger partial charge in [0.15, 0.2) is 0 Å². The molecule has 3 heteroatoms. The second-order valence-electron chi connectivity index (χ2n) is 6.55. The normalized spacial score (nSPS) is 21.2. The number of carbonyl (C=O) groups excluding carboxylic acids is 1. The molecule has 1 aliphatic heterocycles. The summed E-state index contributed by atoms with van der Waals surface area (Å²) in [6, 6.07) is 6.62. The van der Waals surface area contributed by atoms with Crippen LogP contribution in [0.5, 0.6) is 0 Å². The Bertz CT molecular complexity index is 522. The molecule has 1 aromatic carbocycles. The van der Waals surface area contributed by atoms with E-state index in [1.807, 2.05) is 7.05 Å². The first kappa shape index (κ1) is 15.1. The van der Waals surface area contributed by atoms with E-state index in [1.165, 1.54) is 49.7 Å². The van der Waals surface area contributed by atoms with E-state index in [1.54, 1.807) is 4.90 Å². The number of carbonyl (C=O) groups is 1. The highest BCUT2D eigenvalue weighted by Gasteiger charge is 2.23. The average molecular weight is 350 g/mol. The lowest BCUT2D eigenvalue weighted by Gasteiger charge is -2.28. The molecule has 1 aliphatic carbocycles. The number of alkyl halides is 1. The third kappa shape index (κ3) is 3.33. The van der Waals surface area contributed by atoms with Crippen LogP contribution in [0.1, 0.15) is 60.9 Å². The Morgan fingerprint density at radius 3 is 2.76 bits per heavy atom. The summed E-state index contributed by atoms with van der Waals surface area (Å²) >= 11 is 3.90. The largest absolute Gasteiger partial charge is 0.315 e. The summed E-state index contributed by atoms with van der Waals surface area (Å²) in [7, 11) is 1.88. The Kier molecular flexibility index (Phi) is 4.68. The van der Waals surface area contributed by atoms with Crippen LogP contribution in [0.25, 0.3) is 0 Å². The maximum atomic E-state index is 11.8. The number of hydrogen-bond donors (Lipinski definition) is 0. The highest BCUT2D eigenvalue weighted by molar-refractivity contribution is 9.09. The van der Waals surface area contributed by atoms with Crippen LogP contribution in [-0.2, 0) is 11.2 Å². The van der Waals surface area contributed by atoms with Crippen molar-refractivity contribution < 1.29 is 4.79 Å². The van der Waals surface area contributed by atoms with Gasteiger partial charge in [-0.2, -0.15) is 0 Å². The van der Waals surface area contributed by atoms with Gasteiger partial charge in [-0.05, 0) is 36.0 Å². The molecule has 1 unspecified atom stereocenters. The number of nitrogens with zero attached hydrogens (tertiary/aromatic N) is 1. The molecule has 1 amide bonds. The number of rotatable bonds is 3. The quantitative estimate of drug-likeness (QED) is 0.703. The maximum Gasteiger partial charge on any atom is 0.227 e. The molecular weight excluding hydrogens is 326 g/mol. The summed E-state index contributed by atoms with van der Waals surface area (Å²) in [5, 5.41) is 0. The molecule has 21 heavy (non-hydrogen) atoms. The summed E-state index contributed by atoms with van der Waals surface area (Å²) in [4.78, 5) is 14.0. The first-order valence-electron chi connectivity index (χ1n) is 8.18. The van der Waals surface area contributed by atoms with Gasteiger partial charge in [-0.1, -0.05) is 60.2 Å². The van der Waals surface area contributed by atoms with Crippen molar-refractivity contribution in [1.29, 1.82) is 0 Å². The maximum absolute atomic E-state index is 11.8. The summed E-state index contributed by atoms with van der Waals surface area (Å²) in [5.74, 6) is 1.11. The van der Waals surface area contributed by atoms with Gasteiger partial charge in [0.1, 0.15) is 0 Å². The summed E-state index contributed by atoms with van der Waals surface area (Å²) < 4.78 is 0. The minimum Gasteiger partial charge on any atom is -0.315 e. The van der Waals surface area contributed by atoms with Crippen LogP contribution in [0.2, 0.25) is 0 Å². The molecule has 0 aromatic heterocycles. The van der Waals surface area contributed by atoms with Crippen molar-refractivity contribution in [2.75, 3.05) is 11.9 Å². The summed E-state index contributed by atoms with van der Waals surface area (Å²) in [6.45, 7) is 0. The van der Waals surface area contributed by atoms with Gasteiger partial charge in [0, 0.05) is 24.0 Å². The molecule has 3 rings (SSSR count). The third-order valence-electron chi connectivity index (χ3n) is 5.07. The predicted octanol–water partition coefficient (Wildman–Crippen LogP) is 5.00. The molecule has 1 heterocycles. The van der Waals surface area contributed by atoms with E-state index in [4.69, 9.17) is 0 Å². The van der Waals surface area contributed by atoms with Crippen LogP contribution in [0, 0.1) is 5.92 Å². The number of halogens is 1. The van der Waals surface area contributed by atoms with Gasteiger partial charge in [-0.25, -0.2) is 0 Å². The highest BCUT2D eigenvalue weighted by atomic mass is 79.9. The Morgan fingerprint density at radius 2 is 2.00 bits per heavy atom. The van der Waals surface area contributed by atoms with Gasteiger partial charge in [0.25, 0.3) is 0 Å². The molecule has 2 aliphatic rings. The lowest BCUT2D eigenvalue weighted by atomic mass is 9.85. The Morgan fingerprint density at radius 1 is 1.24 bits per heavy atom. The minimum atomic E-state index is 0.229. The van der Waals surface area contributed by atoms with Gasteiger partial charge in [0.2, 0.25) is 5.91 Å². The third-order valence-corrected chi connectivity index (χ3v) is 5.98. The molecule has 1 aromatic rings. The molecule has 0 N–H and O–H groups in total. The standard InChI is InChI=1S/C18H24BrNO/c1-20-17-9-7-14(12-15(17)8-10-18(20)21)16(19)11-13-5-3-2-4-6-13/h7,9,12-13,16H,2-6,8,10-11H2,1H3. The predicted molar refractivity (Wildman–Crippen MR) is 91.0 cm³/mol. The summed E-state index contributed by atoms with van der Waals surface area (Å²) in [6.07, 6.45) is 9.78. The van der Waals surface area contributed by atoms with Gasteiger partial charge >= 0.3 is 0 Å². The fraction of sp³-hybridized carbons (Fsp3) is 0.611. The van der Waals surface area contributed by atoms with Crippen LogP contribution in [0.3, 0.4) is 0 Å². The molecule has 2 nitrogen and oxygen atoms in total. The zero-order chi connectivity index (χ0) is 14.8. The van der Waals surface area contributed by atoms with E-state index in [0.29, 0.717) is 11.2 Å². The van der Waals surface area contributed by atoms with Crippen molar-refractivity contribution in [1.82, 2.24) is 0 Å². The topological polar surface area (TPSA) is 20.3 Å². The van der Waals surface area contributed by atoms with Gasteiger partial charge in [0.05, 0.1) is 0 Å². The molecule has 0 bridgehead atoms. The lowest BCUT2D eigenvalue weighted by Crippen LogP contribution is -2.31. The van der Waals surface area contributed by atoms with Gasteiger partial charge in [-0.15, -0.1) is 0 Å². The fourth-order valence-corrected chi connectivity index (χ4v) is 4.54. The number of amides is 1. The van der Waals surface area contributed by atoms with E-state index in [9.17, 15) is 4.79 Å². The second-order valence-corrected chi connectivity index (χ2v) is 7.65. The monoisotopic (exact) mass is 349 g/mol. The minimum absolute atomic E-state index is 0.229. The van der Waals surface area contributed by atoms with Crippen molar-refractivity contribution in [3.05, 3.63) is 29.3 Å². The smallest absolute Gasteiger partial charge is 0.227 e. The molecule has 0 saturated heterocycles. The fourth-order valence-electron chi connectivity index (χ4n) is 3.72. The molecule has 1 saturated carbocycles. The lowest BCUT2D eigenvalue weighted by molar-refractivity contribution is -0.118. The molecular formula is C18H24BrNO. The number of fused-ring (bicyclic) bond motifs is 1. The van der Waals surface area contributed by atoms with E-state index in [2.05, 4.69) is 34.1 Å². The van der Waals surface area contributed by atoms with Crippen molar-refractivity contribution >= 4 is 27.5 Å². The van der Waals surface area contributed by atoms with E-state index in [-0.39, 0.29) is 5.91 Å². The van der Waals surface area contributed by atoms with Crippen molar-refractivity contribution in [2.24, 2.45) is 5.92 Å². The molecule has 1 fully saturated rings. The van der Waals surface area contributed by atoms with Gasteiger partial charge < -0.3 is 4.90 Å². The van der Waals surface area contributed by atoms with Crippen LogP contribution >= 0.6 is 15.9 Å². The number of hydrogen-bond acceptors (Lipinski definition) is 1. The Labute approximate surface area is 136 Å². The van der Waals surface area contributed by atoms with Crippen LogP contribution < -0.4 is 4.90 Å². The van der Waals surface area contributed by atoms with Crippen LogP contribution in [0.15, 0.2) is 18.2 Å². The first-order valence-corrected chi connectivity index (χ1v) is 9.10.